The van der Waals surface area contributed by atoms with Crippen molar-refractivity contribution >= 4 is 5.97 Å². The minimum atomic E-state index is -0.713. The molecule has 1 aromatic rings. The first-order valence-corrected chi connectivity index (χ1v) is 11.8. The molecule has 0 aromatic heterocycles. The molecule has 3 nitrogen and oxygen atoms in total. The van der Waals surface area contributed by atoms with Gasteiger partial charge in [-0.25, -0.2) is 0 Å². The lowest BCUT2D eigenvalue weighted by Gasteiger charge is -2.05. The van der Waals surface area contributed by atoms with Crippen molar-refractivity contribution in [2.75, 3.05) is 6.54 Å². The summed E-state index contributed by atoms with van der Waals surface area (Å²) in [7, 11) is 0. The predicted molar refractivity (Wildman–Crippen MR) is 135 cm³/mol. The molecule has 0 unspecified atom stereocenters. The number of carboxylic acids is 1. The zero-order valence-corrected chi connectivity index (χ0v) is 21.7. The molecule has 3 N–H and O–H groups in total. The van der Waals surface area contributed by atoms with Crippen LogP contribution in [0, 0.1) is 23.7 Å². The molecule has 0 aliphatic heterocycles. The van der Waals surface area contributed by atoms with E-state index in [1.54, 1.807) is 0 Å². The Balaban J connectivity index is -0.000000327. The van der Waals surface area contributed by atoms with Crippen LogP contribution in [0.3, 0.4) is 0 Å². The van der Waals surface area contributed by atoms with Gasteiger partial charge in [0, 0.05) is 6.42 Å². The molecule has 0 bridgehead atoms. The second-order valence-corrected chi connectivity index (χ2v) is 9.91. The van der Waals surface area contributed by atoms with E-state index < -0.39 is 5.97 Å². The van der Waals surface area contributed by atoms with Gasteiger partial charge in [-0.05, 0) is 61.0 Å². The molecule has 3 heteroatoms. The molecule has 0 amide bonds. The second kappa shape index (κ2) is 22.3. The number of nitrogens with two attached hydrogens (primary N) is 1. The first kappa shape index (κ1) is 33.3. The number of rotatable bonds is 8. The Morgan fingerprint density at radius 3 is 1.40 bits per heavy atom. The van der Waals surface area contributed by atoms with Gasteiger partial charge in [0.2, 0.25) is 0 Å². The molecule has 1 aromatic carbocycles. The van der Waals surface area contributed by atoms with Crippen LogP contribution < -0.4 is 5.73 Å². The Hall–Kier alpha value is -1.35. The number of benzene rings is 1. The van der Waals surface area contributed by atoms with Crippen LogP contribution in [0.1, 0.15) is 106 Å². The molecule has 1 rings (SSSR count). The Labute approximate surface area is 188 Å². The van der Waals surface area contributed by atoms with E-state index >= 15 is 0 Å². The van der Waals surface area contributed by atoms with Crippen molar-refractivity contribution in [1.82, 2.24) is 0 Å². The van der Waals surface area contributed by atoms with Gasteiger partial charge in [-0.1, -0.05) is 99.6 Å². The Morgan fingerprint density at radius 1 is 0.800 bits per heavy atom. The summed E-state index contributed by atoms with van der Waals surface area (Å²) >= 11 is 0. The molecule has 0 atom stereocenters. The maximum absolute atomic E-state index is 9.81. The summed E-state index contributed by atoms with van der Waals surface area (Å²) < 4.78 is 0. The summed E-state index contributed by atoms with van der Waals surface area (Å²) in [5.41, 5.74) is 6.69. The summed E-state index contributed by atoms with van der Waals surface area (Å²) in [5, 5.41) is 8.08. The summed E-state index contributed by atoms with van der Waals surface area (Å²) in [6.07, 6.45) is 4.09. The molecule has 0 aliphatic rings. The van der Waals surface area contributed by atoms with Crippen molar-refractivity contribution in [1.29, 1.82) is 0 Å². The Bertz CT molecular complexity index is 459. The third kappa shape index (κ3) is 34.2. The maximum Gasteiger partial charge on any atom is 0.303 e. The van der Waals surface area contributed by atoms with Crippen molar-refractivity contribution in [2.45, 2.75) is 101 Å². The molecule has 0 radical (unpaired) electrons. The van der Waals surface area contributed by atoms with Crippen molar-refractivity contribution in [3.63, 3.8) is 0 Å². The SMILES string of the molecule is CC(C)CC(=O)O.CC(C)CC(C)C.CC(C)CCCN.CC(C)c1ccccc1. The maximum atomic E-state index is 9.81. The van der Waals surface area contributed by atoms with Crippen LogP contribution in [-0.2, 0) is 4.79 Å². The summed E-state index contributed by atoms with van der Waals surface area (Å²) in [6.45, 7) is 22.5. The molecule has 178 valence electrons. The third-order valence-electron chi connectivity index (χ3n) is 3.98. The molecule has 0 spiro atoms. The number of aliphatic carboxylic acids is 1. The highest BCUT2D eigenvalue weighted by molar-refractivity contribution is 5.66. The smallest absolute Gasteiger partial charge is 0.303 e. The quantitative estimate of drug-likeness (QED) is 0.445. The fourth-order valence-electron chi connectivity index (χ4n) is 2.66. The van der Waals surface area contributed by atoms with Crippen molar-refractivity contribution in [3.8, 4) is 0 Å². The van der Waals surface area contributed by atoms with E-state index in [4.69, 9.17) is 10.8 Å². The summed E-state index contributed by atoms with van der Waals surface area (Å²) in [4.78, 5) is 9.81. The van der Waals surface area contributed by atoms with Gasteiger partial charge >= 0.3 is 5.97 Å². The molecule has 0 saturated heterocycles. The van der Waals surface area contributed by atoms with Crippen LogP contribution >= 0.6 is 0 Å². The molecule has 30 heavy (non-hydrogen) atoms. The average molecular weight is 424 g/mol. The fourth-order valence-corrected chi connectivity index (χ4v) is 2.66. The normalized spacial score (nSPS) is 10.3. The first-order valence-electron chi connectivity index (χ1n) is 11.8. The lowest BCUT2D eigenvalue weighted by atomic mass is 10.0. The second-order valence-electron chi connectivity index (χ2n) is 9.91. The van der Waals surface area contributed by atoms with E-state index in [-0.39, 0.29) is 12.3 Å². The zero-order chi connectivity index (χ0) is 24.1. The van der Waals surface area contributed by atoms with Gasteiger partial charge in [-0.2, -0.15) is 0 Å². The highest BCUT2D eigenvalue weighted by Crippen LogP contribution is 2.11. The predicted octanol–water partition coefficient (Wildman–Crippen LogP) is 8.00. The molecular weight excluding hydrogens is 370 g/mol. The standard InChI is InChI=1S/C9H12.C7H16.C6H15N.C5H10O2/c1-8(2)9-6-4-3-5-7-9;1-6(2)5-7(3)4;1-6(2)4-3-5-7;1-4(2)3-5(6)7/h3-8H,1-2H3;6-7H,5H2,1-4H3;6H,3-5,7H2,1-2H3;4H,3H2,1-2H3,(H,6,7). The number of carboxylic acid groups (broad SMARTS) is 1. The Kier molecular flexibility index (Phi) is 24.8. The Morgan fingerprint density at radius 2 is 1.27 bits per heavy atom. The monoisotopic (exact) mass is 423 g/mol. The number of hydrogen-bond donors (Lipinski definition) is 2. The molecule has 0 fully saturated rings. The molecule has 0 aliphatic carbocycles. The van der Waals surface area contributed by atoms with Crippen molar-refractivity contribution in [2.24, 2.45) is 29.4 Å². The number of hydrogen-bond acceptors (Lipinski definition) is 2. The van der Waals surface area contributed by atoms with Gasteiger partial charge in [0.25, 0.3) is 0 Å². The van der Waals surface area contributed by atoms with E-state index in [1.807, 2.05) is 19.9 Å². The van der Waals surface area contributed by atoms with Crippen molar-refractivity contribution < 1.29 is 9.90 Å². The van der Waals surface area contributed by atoms with E-state index in [2.05, 4.69) is 79.7 Å². The van der Waals surface area contributed by atoms with E-state index in [9.17, 15) is 4.79 Å². The van der Waals surface area contributed by atoms with Crippen LogP contribution in [0.5, 0.6) is 0 Å². The van der Waals surface area contributed by atoms with Gasteiger partial charge in [0.15, 0.2) is 0 Å². The molecule has 0 saturated carbocycles. The lowest BCUT2D eigenvalue weighted by molar-refractivity contribution is -0.137. The van der Waals surface area contributed by atoms with Gasteiger partial charge < -0.3 is 10.8 Å². The van der Waals surface area contributed by atoms with Gasteiger partial charge in [-0.3, -0.25) is 4.79 Å². The fraction of sp³-hybridized carbons (Fsp3) is 0.741. The van der Waals surface area contributed by atoms with Crippen LogP contribution in [0.25, 0.3) is 0 Å². The highest BCUT2D eigenvalue weighted by Gasteiger charge is 1.98. The van der Waals surface area contributed by atoms with Crippen LogP contribution in [0.4, 0.5) is 0 Å². The van der Waals surface area contributed by atoms with E-state index in [0.29, 0.717) is 5.92 Å². The van der Waals surface area contributed by atoms with Gasteiger partial charge in [-0.15, -0.1) is 0 Å². The van der Waals surface area contributed by atoms with Crippen LogP contribution in [0.2, 0.25) is 0 Å². The first-order chi connectivity index (χ1) is 13.8. The van der Waals surface area contributed by atoms with E-state index in [0.717, 1.165) is 24.3 Å². The molecular formula is C27H53NO2. The summed E-state index contributed by atoms with van der Waals surface area (Å²) in [6, 6.07) is 10.5. The van der Waals surface area contributed by atoms with E-state index in [1.165, 1.54) is 24.8 Å². The average Bonchev–Trinajstić information content (AvgIpc) is 2.60. The zero-order valence-electron chi connectivity index (χ0n) is 21.7. The minimum Gasteiger partial charge on any atom is -0.481 e. The topological polar surface area (TPSA) is 63.3 Å². The largest absolute Gasteiger partial charge is 0.481 e. The van der Waals surface area contributed by atoms with Crippen LogP contribution in [-0.4, -0.2) is 17.6 Å². The lowest BCUT2D eigenvalue weighted by Crippen LogP contribution is -1.99. The van der Waals surface area contributed by atoms with Gasteiger partial charge in [0.1, 0.15) is 0 Å². The minimum absolute atomic E-state index is 0.275. The van der Waals surface area contributed by atoms with Crippen LogP contribution in [0.15, 0.2) is 30.3 Å². The molecule has 0 heterocycles. The van der Waals surface area contributed by atoms with Crippen molar-refractivity contribution in [3.05, 3.63) is 35.9 Å². The highest BCUT2D eigenvalue weighted by atomic mass is 16.4. The summed E-state index contributed by atoms with van der Waals surface area (Å²) in [5.74, 6) is 2.79. The number of carbonyl (C=O) groups is 1. The third-order valence-corrected chi connectivity index (χ3v) is 3.98. The van der Waals surface area contributed by atoms with Gasteiger partial charge in [0.05, 0.1) is 0 Å².